The monoisotopic (exact) mass is 241 g/mol. The summed E-state index contributed by atoms with van der Waals surface area (Å²) in [6, 6.07) is 13.6. The third-order valence-electron chi connectivity index (χ3n) is 3.10. The number of benzene rings is 1. The predicted octanol–water partition coefficient (Wildman–Crippen LogP) is 3.74. The number of hydrogen-bond acceptors (Lipinski definition) is 2. The second-order valence-corrected chi connectivity index (χ2v) is 4.51. The number of aromatic nitrogens is 1. The Bertz CT molecular complexity index is 468. The minimum atomic E-state index is 0.419. The zero-order valence-electron chi connectivity index (χ0n) is 10.5. The topological polar surface area (TPSA) is 33.1 Å². The molecule has 0 saturated heterocycles. The van der Waals surface area contributed by atoms with Gasteiger partial charge in [-0.3, -0.25) is 4.98 Å². The average Bonchev–Trinajstić information content (AvgIpc) is 2.42. The number of phenolic OH excluding ortho intramolecular Hbond substituents is 1. The van der Waals surface area contributed by atoms with E-state index in [1.807, 2.05) is 36.5 Å². The van der Waals surface area contributed by atoms with Crippen LogP contribution in [0.3, 0.4) is 0 Å². The number of aromatic hydroxyl groups is 1. The lowest BCUT2D eigenvalue weighted by molar-refractivity contribution is 0.466. The Morgan fingerprint density at radius 3 is 2.39 bits per heavy atom. The van der Waals surface area contributed by atoms with E-state index in [0.717, 1.165) is 31.2 Å². The van der Waals surface area contributed by atoms with Gasteiger partial charge in [-0.25, -0.2) is 0 Å². The molecule has 0 spiro atoms. The van der Waals surface area contributed by atoms with Crippen molar-refractivity contribution in [2.24, 2.45) is 0 Å². The molecule has 0 unspecified atom stereocenters. The fraction of sp³-hybridized carbons (Fsp3) is 0.312. The van der Waals surface area contributed by atoms with Crippen LogP contribution in [0.2, 0.25) is 0 Å². The highest BCUT2D eigenvalue weighted by atomic mass is 16.3. The van der Waals surface area contributed by atoms with Crippen molar-refractivity contribution in [1.29, 1.82) is 0 Å². The third kappa shape index (κ3) is 3.88. The minimum Gasteiger partial charge on any atom is -0.508 e. The predicted molar refractivity (Wildman–Crippen MR) is 73.6 cm³/mol. The normalized spacial score (nSPS) is 10.4. The highest BCUT2D eigenvalue weighted by Gasteiger charge is 1.99. The van der Waals surface area contributed by atoms with Gasteiger partial charge in [0.15, 0.2) is 0 Å². The number of phenols is 1. The van der Waals surface area contributed by atoms with Gasteiger partial charge in [-0.1, -0.05) is 30.7 Å². The van der Waals surface area contributed by atoms with Gasteiger partial charge in [0.1, 0.15) is 5.75 Å². The van der Waals surface area contributed by atoms with Gasteiger partial charge in [-0.05, 0) is 49.4 Å². The highest BCUT2D eigenvalue weighted by molar-refractivity contribution is 5.31. The molecule has 1 heterocycles. The summed E-state index contributed by atoms with van der Waals surface area (Å²) in [5.74, 6) is 0.419. The van der Waals surface area contributed by atoms with Gasteiger partial charge in [0.25, 0.3) is 0 Å². The molecule has 94 valence electrons. The lowest BCUT2D eigenvalue weighted by atomic mass is 10.0. The van der Waals surface area contributed by atoms with Gasteiger partial charge < -0.3 is 5.11 Å². The Hall–Kier alpha value is -1.83. The van der Waals surface area contributed by atoms with Crippen molar-refractivity contribution in [2.45, 2.75) is 32.1 Å². The Labute approximate surface area is 108 Å². The Kier molecular flexibility index (Phi) is 4.77. The van der Waals surface area contributed by atoms with Crippen molar-refractivity contribution in [3.8, 4) is 5.75 Å². The first kappa shape index (κ1) is 12.6. The van der Waals surface area contributed by atoms with Gasteiger partial charge in [-0.2, -0.15) is 0 Å². The molecule has 0 atom stereocenters. The van der Waals surface area contributed by atoms with Gasteiger partial charge >= 0.3 is 0 Å². The molecule has 2 nitrogen and oxygen atoms in total. The number of hydrogen-bond donors (Lipinski definition) is 1. The molecule has 1 aromatic heterocycles. The van der Waals surface area contributed by atoms with Crippen molar-refractivity contribution in [2.75, 3.05) is 0 Å². The first-order valence-corrected chi connectivity index (χ1v) is 6.53. The molecule has 0 bridgehead atoms. The van der Waals surface area contributed by atoms with Crippen LogP contribution in [-0.4, -0.2) is 10.1 Å². The molecule has 0 amide bonds. The van der Waals surface area contributed by atoms with Gasteiger partial charge in [0, 0.05) is 11.9 Å². The standard InChI is InChI=1S/C16H19NO/c18-16-12-5-4-9-14(16)8-2-1-3-10-15-11-6-7-13-17-15/h4-7,9,11-13,18H,1-3,8,10H2. The minimum absolute atomic E-state index is 0.419. The lowest BCUT2D eigenvalue weighted by Crippen LogP contribution is -1.91. The maximum absolute atomic E-state index is 9.64. The van der Waals surface area contributed by atoms with E-state index in [2.05, 4.69) is 11.1 Å². The largest absolute Gasteiger partial charge is 0.508 e. The Morgan fingerprint density at radius 1 is 0.833 bits per heavy atom. The molecule has 0 radical (unpaired) electrons. The van der Waals surface area contributed by atoms with E-state index in [9.17, 15) is 5.11 Å². The number of unbranched alkanes of at least 4 members (excludes halogenated alkanes) is 2. The second-order valence-electron chi connectivity index (χ2n) is 4.51. The molecular weight excluding hydrogens is 222 g/mol. The van der Waals surface area contributed by atoms with E-state index < -0.39 is 0 Å². The number of nitrogens with zero attached hydrogens (tertiary/aromatic N) is 1. The van der Waals surface area contributed by atoms with Gasteiger partial charge in [0.05, 0.1) is 0 Å². The van der Waals surface area contributed by atoms with Crippen molar-refractivity contribution < 1.29 is 5.11 Å². The van der Waals surface area contributed by atoms with E-state index in [1.165, 1.54) is 12.1 Å². The molecule has 0 aliphatic heterocycles. The maximum Gasteiger partial charge on any atom is 0.118 e. The summed E-state index contributed by atoms with van der Waals surface area (Å²) < 4.78 is 0. The molecule has 0 aliphatic carbocycles. The highest BCUT2D eigenvalue weighted by Crippen LogP contribution is 2.18. The third-order valence-corrected chi connectivity index (χ3v) is 3.10. The van der Waals surface area contributed by atoms with Crippen LogP contribution in [0, 0.1) is 0 Å². The van der Waals surface area contributed by atoms with E-state index in [4.69, 9.17) is 0 Å². The van der Waals surface area contributed by atoms with Crippen molar-refractivity contribution in [1.82, 2.24) is 4.98 Å². The van der Waals surface area contributed by atoms with Crippen LogP contribution >= 0.6 is 0 Å². The smallest absolute Gasteiger partial charge is 0.118 e. The van der Waals surface area contributed by atoms with E-state index in [-0.39, 0.29) is 0 Å². The van der Waals surface area contributed by atoms with Crippen molar-refractivity contribution >= 4 is 0 Å². The zero-order chi connectivity index (χ0) is 12.6. The van der Waals surface area contributed by atoms with E-state index in [0.29, 0.717) is 5.75 Å². The summed E-state index contributed by atoms with van der Waals surface area (Å²) in [5, 5.41) is 9.64. The van der Waals surface area contributed by atoms with Gasteiger partial charge in [0.2, 0.25) is 0 Å². The van der Waals surface area contributed by atoms with Crippen LogP contribution in [0.4, 0.5) is 0 Å². The molecule has 2 rings (SSSR count). The molecule has 18 heavy (non-hydrogen) atoms. The van der Waals surface area contributed by atoms with E-state index in [1.54, 1.807) is 6.07 Å². The number of pyridine rings is 1. The zero-order valence-corrected chi connectivity index (χ0v) is 10.5. The maximum atomic E-state index is 9.64. The average molecular weight is 241 g/mol. The summed E-state index contributed by atoms with van der Waals surface area (Å²) in [6.07, 6.45) is 7.29. The number of para-hydroxylation sites is 1. The van der Waals surface area contributed by atoms with Crippen LogP contribution in [0.15, 0.2) is 48.7 Å². The van der Waals surface area contributed by atoms with Crippen LogP contribution in [-0.2, 0) is 12.8 Å². The summed E-state index contributed by atoms with van der Waals surface area (Å²) in [4.78, 5) is 4.31. The van der Waals surface area contributed by atoms with Crippen molar-refractivity contribution in [3.05, 3.63) is 59.9 Å². The number of rotatable bonds is 6. The fourth-order valence-electron chi connectivity index (χ4n) is 2.07. The lowest BCUT2D eigenvalue weighted by Gasteiger charge is -2.04. The van der Waals surface area contributed by atoms with Crippen LogP contribution in [0.25, 0.3) is 0 Å². The first-order valence-electron chi connectivity index (χ1n) is 6.53. The molecule has 1 aromatic carbocycles. The summed E-state index contributed by atoms with van der Waals surface area (Å²) in [5.41, 5.74) is 2.22. The summed E-state index contributed by atoms with van der Waals surface area (Å²) >= 11 is 0. The van der Waals surface area contributed by atoms with Crippen LogP contribution < -0.4 is 0 Å². The summed E-state index contributed by atoms with van der Waals surface area (Å²) in [7, 11) is 0. The van der Waals surface area contributed by atoms with E-state index >= 15 is 0 Å². The second kappa shape index (κ2) is 6.80. The SMILES string of the molecule is Oc1ccccc1CCCCCc1ccccn1. The molecule has 2 aromatic rings. The molecule has 0 saturated carbocycles. The quantitative estimate of drug-likeness (QED) is 0.781. The molecule has 2 heteroatoms. The fourth-order valence-corrected chi connectivity index (χ4v) is 2.07. The van der Waals surface area contributed by atoms with Gasteiger partial charge in [-0.15, -0.1) is 0 Å². The first-order chi connectivity index (χ1) is 8.86. The van der Waals surface area contributed by atoms with Crippen molar-refractivity contribution in [3.63, 3.8) is 0 Å². The Morgan fingerprint density at radius 2 is 1.61 bits per heavy atom. The van der Waals surface area contributed by atoms with Crippen LogP contribution in [0.5, 0.6) is 5.75 Å². The molecule has 1 N–H and O–H groups in total. The summed E-state index contributed by atoms with van der Waals surface area (Å²) in [6.45, 7) is 0. The Balaban J connectivity index is 1.66. The molecule has 0 aliphatic rings. The molecule has 0 fully saturated rings. The number of aryl methyl sites for hydroxylation is 2. The van der Waals surface area contributed by atoms with Crippen LogP contribution in [0.1, 0.15) is 30.5 Å². The molecular formula is C16H19NO.